The van der Waals surface area contributed by atoms with E-state index >= 15 is 0 Å². The Morgan fingerprint density at radius 2 is 1.94 bits per heavy atom. The van der Waals surface area contributed by atoms with E-state index < -0.39 is 6.36 Å². The molecule has 0 amide bonds. The van der Waals surface area contributed by atoms with Gasteiger partial charge in [-0.15, -0.1) is 24.8 Å². The minimum absolute atomic E-state index is 0.171. The van der Waals surface area contributed by atoms with Crippen LogP contribution in [0.2, 0.25) is 0 Å². The summed E-state index contributed by atoms with van der Waals surface area (Å²) < 4.78 is 39.8. The van der Waals surface area contributed by atoms with Crippen LogP contribution in [0, 0.1) is 0 Å². The second-order valence-corrected chi connectivity index (χ2v) is 3.27. The molecule has 0 fully saturated rings. The molecule has 1 aromatic rings. The predicted octanol–water partition coefficient (Wildman–Crippen LogP) is 2.94. The molecule has 0 radical (unpaired) electrons. The highest BCUT2D eigenvalue weighted by atomic mass is 35.5. The largest absolute Gasteiger partial charge is 0.573 e. The maximum Gasteiger partial charge on any atom is 0.573 e. The van der Waals surface area contributed by atoms with Crippen LogP contribution in [0.4, 0.5) is 13.2 Å². The average Bonchev–Trinajstić information content (AvgIpc) is 2.18. The van der Waals surface area contributed by atoms with E-state index in [0.717, 1.165) is 6.07 Å². The smallest absolute Gasteiger partial charge is 0.405 e. The number of alkyl halides is 4. The molecule has 6 heteroatoms. The van der Waals surface area contributed by atoms with E-state index in [-0.39, 0.29) is 29.4 Å². The van der Waals surface area contributed by atoms with Gasteiger partial charge in [-0.2, -0.15) is 0 Å². The summed E-state index contributed by atoms with van der Waals surface area (Å²) in [4.78, 5) is 11.0. The molecule has 88 valence electrons. The molecule has 0 saturated heterocycles. The first-order valence-corrected chi connectivity index (χ1v) is 4.87. The van der Waals surface area contributed by atoms with Crippen molar-refractivity contribution in [2.45, 2.75) is 12.8 Å². The third-order valence-corrected chi connectivity index (χ3v) is 2.03. The Morgan fingerprint density at radius 3 is 2.50 bits per heavy atom. The van der Waals surface area contributed by atoms with Crippen LogP contribution in [0.25, 0.3) is 0 Å². The zero-order valence-electron chi connectivity index (χ0n) is 8.05. The van der Waals surface area contributed by atoms with Crippen molar-refractivity contribution in [3.05, 3.63) is 29.8 Å². The van der Waals surface area contributed by atoms with Crippen LogP contribution in [0.5, 0.6) is 5.75 Å². The van der Waals surface area contributed by atoms with Gasteiger partial charge in [-0.25, -0.2) is 0 Å². The summed E-state index contributed by atoms with van der Waals surface area (Å²) in [5, 5.41) is 0. The Kier molecular flexibility index (Phi) is 4.18. The van der Waals surface area contributed by atoms with E-state index in [2.05, 4.69) is 4.74 Å². The Morgan fingerprint density at radius 1 is 1.31 bits per heavy atom. The molecular formula is C10H8ClF3O2. The molecule has 0 unspecified atom stereocenters. The minimum atomic E-state index is -4.76. The quantitative estimate of drug-likeness (QED) is 0.770. The first-order chi connectivity index (χ1) is 7.42. The van der Waals surface area contributed by atoms with E-state index in [1.54, 1.807) is 0 Å². The summed E-state index contributed by atoms with van der Waals surface area (Å²) >= 11 is 5.27. The fourth-order valence-electron chi connectivity index (χ4n) is 1.13. The second-order valence-electron chi connectivity index (χ2n) is 3.00. The van der Waals surface area contributed by atoms with Gasteiger partial charge in [0.15, 0.2) is 5.78 Å². The summed E-state index contributed by atoms with van der Waals surface area (Å²) in [5.74, 6) is -0.964. The molecule has 0 aliphatic carbocycles. The number of carbonyl (C=O) groups is 1. The Labute approximate surface area is 95.0 Å². The topological polar surface area (TPSA) is 26.3 Å². The van der Waals surface area contributed by atoms with Crippen molar-refractivity contribution < 1.29 is 22.7 Å². The van der Waals surface area contributed by atoms with Crippen molar-refractivity contribution in [3.8, 4) is 5.75 Å². The van der Waals surface area contributed by atoms with Crippen molar-refractivity contribution in [1.29, 1.82) is 0 Å². The standard InChI is InChI=1S/C10H8ClF3O2/c11-6-8(15)5-7-3-1-2-4-9(7)16-10(12,13)14/h1-4H,5-6H2. The van der Waals surface area contributed by atoms with Gasteiger partial charge in [0.2, 0.25) is 0 Å². The highest BCUT2D eigenvalue weighted by Crippen LogP contribution is 2.26. The summed E-state index contributed by atoms with van der Waals surface area (Å²) in [6.07, 6.45) is -4.93. The summed E-state index contributed by atoms with van der Waals surface area (Å²) in [7, 11) is 0. The lowest BCUT2D eigenvalue weighted by Crippen LogP contribution is -2.18. The van der Waals surface area contributed by atoms with Crippen LogP contribution >= 0.6 is 11.6 Å². The van der Waals surface area contributed by atoms with Gasteiger partial charge >= 0.3 is 6.36 Å². The normalized spacial score (nSPS) is 11.2. The molecule has 16 heavy (non-hydrogen) atoms. The van der Waals surface area contributed by atoms with E-state index in [4.69, 9.17) is 11.6 Å². The lowest BCUT2D eigenvalue weighted by atomic mass is 10.1. The molecule has 2 nitrogen and oxygen atoms in total. The molecule has 0 aliphatic heterocycles. The molecule has 0 atom stereocenters. The Balaban J connectivity index is 2.87. The number of Topliss-reactive ketones (excluding diaryl/α,β-unsaturated/α-hetero) is 1. The van der Waals surface area contributed by atoms with Crippen molar-refractivity contribution in [1.82, 2.24) is 0 Å². The molecule has 1 aromatic carbocycles. The first kappa shape index (κ1) is 12.8. The van der Waals surface area contributed by atoms with Gasteiger partial charge in [0.05, 0.1) is 5.88 Å². The molecular weight excluding hydrogens is 245 g/mol. The van der Waals surface area contributed by atoms with E-state index in [0.29, 0.717) is 0 Å². The fourth-order valence-corrected chi connectivity index (χ4v) is 1.23. The summed E-state index contributed by atoms with van der Waals surface area (Å²) in [5.41, 5.74) is 0.172. The number of ketones is 1. The SMILES string of the molecule is O=C(CCl)Cc1ccccc1OC(F)(F)F. The van der Waals surface area contributed by atoms with E-state index in [9.17, 15) is 18.0 Å². The van der Waals surface area contributed by atoms with Crippen molar-refractivity contribution >= 4 is 17.4 Å². The summed E-state index contributed by atoms with van der Waals surface area (Å²) in [6, 6.07) is 5.48. The van der Waals surface area contributed by atoms with Gasteiger partial charge in [-0.05, 0) is 6.07 Å². The van der Waals surface area contributed by atoms with Gasteiger partial charge in [-0.3, -0.25) is 4.79 Å². The average molecular weight is 253 g/mol. The summed E-state index contributed by atoms with van der Waals surface area (Å²) in [6.45, 7) is 0. The van der Waals surface area contributed by atoms with Crippen molar-refractivity contribution in [2.75, 3.05) is 5.88 Å². The number of para-hydroxylation sites is 1. The van der Waals surface area contributed by atoms with E-state index in [1.807, 2.05) is 0 Å². The van der Waals surface area contributed by atoms with Crippen LogP contribution < -0.4 is 4.74 Å². The van der Waals surface area contributed by atoms with Gasteiger partial charge < -0.3 is 4.74 Å². The molecule has 0 aliphatic rings. The molecule has 0 N–H and O–H groups in total. The number of hydrogen-bond acceptors (Lipinski definition) is 2. The molecule has 1 rings (SSSR count). The Bertz CT molecular complexity index is 377. The molecule has 0 bridgehead atoms. The zero-order valence-corrected chi connectivity index (χ0v) is 8.81. The maximum atomic E-state index is 12.0. The van der Waals surface area contributed by atoms with Gasteiger partial charge in [0.1, 0.15) is 5.75 Å². The maximum absolute atomic E-state index is 12.0. The molecule has 0 heterocycles. The van der Waals surface area contributed by atoms with Crippen LogP contribution in [0.15, 0.2) is 24.3 Å². The number of hydrogen-bond donors (Lipinski definition) is 0. The van der Waals surface area contributed by atoms with E-state index in [1.165, 1.54) is 18.2 Å². The van der Waals surface area contributed by atoms with Crippen molar-refractivity contribution in [3.63, 3.8) is 0 Å². The highest BCUT2D eigenvalue weighted by molar-refractivity contribution is 6.27. The fraction of sp³-hybridized carbons (Fsp3) is 0.300. The molecule has 0 aromatic heterocycles. The monoisotopic (exact) mass is 252 g/mol. The minimum Gasteiger partial charge on any atom is -0.405 e. The molecule has 0 spiro atoms. The first-order valence-electron chi connectivity index (χ1n) is 4.33. The van der Waals surface area contributed by atoms with Crippen LogP contribution in [-0.2, 0) is 11.2 Å². The van der Waals surface area contributed by atoms with Crippen molar-refractivity contribution in [2.24, 2.45) is 0 Å². The number of halogens is 4. The van der Waals surface area contributed by atoms with Crippen LogP contribution in [-0.4, -0.2) is 18.0 Å². The number of ether oxygens (including phenoxy) is 1. The highest BCUT2D eigenvalue weighted by Gasteiger charge is 2.32. The Hall–Kier alpha value is -1.23. The lowest BCUT2D eigenvalue weighted by Gasteiger charge is -2.12. The van der Waals surface area contributed by atoms with Gasteiger partial charge in [0.25, 0.3) is 0 Å². The van der Waals surface area contributed by atoms with Gasteiger partial charge in [0, 0.05) is 12.0 Å². The van der Waals surface area contributed by atoms with Crippen LogP contribution in [0.3, 0.4) is 0 Å². The number of carbonyl (C=O) groups excluding carboxylic acids is 1. The molecule has 0 saturated carbocycles. The predicted molar refractivity (Wildman–Crippen MR) is 52.6 cm³/mol. The third kappa shape index (κ3) is 4.10. The number of rotatable bonds is 4. The number of benzene rings is 1. The third-order valence-electron chi connectivity index (χ3n) is 1.73. The second kappa shape index (κ2) is 5.21. The zero-order chi connectivity index (χ0) is 12.2. The van der Waals surface area contributed by atoms with Gasteiger partial charge in [-0.1, -0.05) is 18.2 Å². The van der Waals surface area contributed by atoms with Crippen LogP contribution in [0.1, 0.15) is 5.56 Å². The lowest BCUT2D eigenvalue weighted by molar-refractivity contribution is -0.274.